The fourth-order valence-corrected chi connectivity index (χ4v) is 3.49. The maximum absolute atomic E-state index is 12.6. The number of benzene rings is 3. The molecule has 0 unspecified atom stereocenters. The molecule has 0 saturated heterocycles. The molecule has 8 heteroatoms. The lowest BCUT2D eigenvalue weighted by atomic mass is 10.0. The van der Waals surface area contributed by atoms with Crippen molar-refractivity contribution >= 4 is 16.9 Å². The lowest BCUT2D eigenvalue weighted by Gasteiger charge is -2.09. The molecule has 32 heavy (non-hydrogen) atoms. The average Bonchev–Trinajstić information content (AvgIpc) is 3.09. The van der Waals surface area contributed by atoms with E-state index in [1.165, 1.54) is 18.2 Å². The van der Waals surface area contributed by atoms with Gasteiger partial charge in [0.2, 0.25) is 0 Å². The first-order chi connectivity index (χ1) is 15.3. The Morgan fingerprint density at radius 3 is 2.44 bits per heavy atom. The maximum Gasteiger partial charge on any atom is 0.573 e. The van der Waals surface area contributed by atoms with Gasteiger partial charge in [0, 0.05) is 16.5 Å². The summed E-state index contributed by atoms with van der Waals surface area (Å²) in [4.78, 5) is 14.6. The summed E-state index contributed by atoms with van der Waals surface area (Å²) in [5.41, 5.74) is 3.01. The van der Waals surface area contributed by atoms with Gasteiger partial charge in [-0.1, -0.05) is 42.5 Å². The number of H-pyrrole nitrogens is 1. The van der Waals surface area contributed by atoms with E-state index in [-0.39, 0.29) is 6.42 Å². The van der Waals surface area contributed by atoms with E-state index in [0.29, 0.717) is 40.1 Å². The van der Waals surface area contributed by atoms with Crippen LogP contribution in [-0.2, 0) is 17.8 Å². The van der Waals surface area contributed by atoms with Crippen LogP contribution >= 0.6 is 0 Å². The number of carbonyl (C=O) groups is 1. The third-order valence-corrected chi connectivity index (χ3v) is 4.81. The van der Waals surface area contributed by atoms with Crippen LogP contribution in [0.15, 0.2) is 72.8 Å². The van der Waals surface area contributed by atoms with Gasteiger partial charge in [-0.15, -0.1) is 13.2 Å². The van der Waals surface area contributed by atoms with Crippen molar-refractivity contribution in [2.75, 3.05) is 0 Å². The van der Waals surface area contributed by atoms with Crippen LogP contribution in [0.25, 0.3) is 22.2 Å². The Kier molecular flexibility index (Phi) is 5.77. The van der Waals surface area contributed by atoms with Crippen molar-refractivity contribution in [2.45, 2.75) is 19.4 Å². The number of alkyl halides is 3. The van der Waals surface area contributed by atoms with E-state index in [1.54, 1.807) is 24.3 Å². The zero-order chi connectivity index (χ0) is 22.7. The topological polar surface area (TPSA) is 71.5 Å². The van der Waals surface area contributed by atoms with Crippen molar-refractivity contribution in [2.24, 2.45) is 0 Å². The maximum atomic E-state index is 12.6. The van der Waals surface area contributed by atoms with Crippen LogP contribution in [0.3, 0.4) is 0 Å². The molecule has 0 radical (unpaired) electrons. The predicted molar refractivity (Wildman–Crippen MR) is 113 cm³/mol. The zero-order valence-corrected chi connectivity index (χ0v) is 16.6. The molecule has 0 fully saturated rings. The Balaban J connectivity index is 1.70. The van der Waals surface area contributed by atoms with Crippen LogP contribution in [-0.4, -0.2) is 22.4 Å². The van der Waals surface area contributed by atoms with E-state index in [1.807, 2.05) is 30.3 Å². The Labute approximate surface area is 181 Å². The van der Waals surface area contributed by atoms with Crippen LogP contribution < -0.4 is 9.47 Å². The summed E-state index contributed by atoms with van der Waals surface area (Å²) in [6.45, 7) is 0.358. The van der Waals surface area contributed by atoms with E-state index in [4.69, 9.17) is 4.74 Å². The monoisotopic (exact) mass is 441 g/mol. The first-order valence-corrected chi connectivity index (χ1v) is 9.68. The number of ether oxygens (including phenoxy) is 2. The standard InChI is InChI=1S/C24H18F3NO4/c25-24(26,27)32-18-9-10-21-19(12-18)20(13-22(29)30)23(28-21)16-7-4-8-17(11-16)31-14-15-5-2-1-3-6-15/h1-12,28H,13-14H2,(H,29,30). The number of carboxylic acid groups (broad SMARTS) is 1. The molecule has 0 spiro atoms. The first kappa shape index (κ1) is 21.3. The number of nitrogens with one attached hydrogen (secondary N) is 1. The minimum atomic E-state index is -4.84. The molecular weight excluding hydrogens is 423 g/mol. The molecule has 164 valence electrons. The van der Waals surface area contributed by atoms with Crippen LogP contribution in [0.4, 0.5) is 13.2 Å². The highest BCUT2D eigenvalue weighted by Crippen LogP contribution is 2.35. The molecule has 0 amide bonds. The van der Waals surface area contributed by atoms with Crippen molar-refractivity contribution in [3.8, 4) is 22.8 Å². The summed E-state index contributed by atoms with van der Waals surface area (Å²) in [6, 6.07) is 20.5. The largest absolute Gasteiger partial charge is 0.573 e. The smallest absolute Gasteiger partial charge is 0.489 e. The van der Waals surface area contributed by atoms with Gasteiger partial charge < -0.3 is 19.6 Å². The van der Waals surface area contributed by atoms with E-state index in [0.717, 1.165) is 5.56 Å². The van der Waals surface area contributed by atoms with Gasteiger partial charge in [0.1, 0.15) is 18.1 Å². The van der Waals surface area contributed by atoms with Gasteiger partial charge in [-0.05, 0) is 41.5 Å². The van der Waals surface area contributed by atoms with Crippen molar-refractivity contribution in [3.05, 3.63) is 83.9 Å². The Morgan fingerprint density at radius 1 is 0.938 bits per heavy atom. The molecule has 2 N–H and O–H groups in total. The van der Waals surface area contributed by atoms with E-state index < -0.39 is 18.1 Å². The molecule has 4 rings (SSSR count). The van der Waals surface area contributed by atoms with Gasteiger partial charge >= 0.3 is 12.3 Å². The van der Waals surface area contributed by atoms with Crippen LogP contribution in [0.1, 0.15) is 11.1 Å². The van der Waals surface area contributed by atoms with Gasteiger partial charge in [0.15, 0.2) is 0 Å². The number of fused-ring (bicyclic) bond motifs is 1. The summed E-state index contributed by atoms with van der Waals surface area (Å²) >= 11 is 0. The van der Waals surface area contributed by atoms with Gasteiger partial charge in [-0.25, -0.2) is 0 Å². The molecule has 0 aliphatic heterocycles. The first-order valence-electron chi connectivity index (χ1n) is 9.68. The minimum absolute atomic E-state index is 0.347. The fraction of sp³-hybridized carbons (Fsp3) is 0.125. The molecule has 0 saturated carbocycles. The molecular formula is C24H18F3NO4. The molecule has 0 bridgehead atoms. The highest BCUT2D eigenvalue weighted by atomic mass is 19.4. The van der Waals surface area contributed by atoms with Crippen molar-refractivity contribution in [1.29, 1.82) is 0 Å². The van der Waals surface area contributed by atoms with Gasteiger partial charge in [0.05, 0.1) is 12.1 Å². The highest BCUT2D eigenvalue weighted by molar-refractivity contribution is 5.94. The normalized spacial score (nSPS) is 11.5. The number of hydrogen-bond donors (Lipinski definition) is 2. The number of aromatic amines is 1. The summed E-state index contributed by atoms with van der Waals surface area (Å²) in [7, 11) is 0. The average molecular weight is 441 g/mol. The number of hydrogen-bond acceptors (Lipinski definition) is 3. The highest BCUT2D eigenvalue weighted by Gasteiger charge is 2.31. The number of halogens is 3. The SMILES string of the molecule is O=C(O)Cc1c(-c2cccc(OCc3ccccc3)c2)[nH]c2ccc(OC(F)(F)F)cc12. The molecule has 0 aliphatic rings. The molecule has 3 aromatic carbocycles. The molecule has 1 heterocycles. The van der Waals surface area contributed by atoms with E-state index in [9.17, 15) is 23.1 Å². The molecule has 1 aromatic heterocycles. The van der Waals surface area contributed by atoms with E-state index >= 15 is 0 Å². The molecule has 0 atom stereocenters. The lowest BCUT2D eigenvalue weighted by molar-refractivity contribution is -0.274. The number of aliphatic carboxylic acids is 1. The van der Waals surface area contributed by atoms with E-state index in [2.05, 4.69) is 9.72 Å². The molecule has 4 aromatic rings. The lowest BCUT2D eigenvalue weighted by Crippen LogP contribution is -2.17. The number of aromatic nitrogens is 1. The Bertz CT molecular complexity index is 1250. The van der Waals surface area contributed by atoms with Gasteiger partial charge in [-0.2, -0.15) is 0 Å². The fourth-order valence-electron chi connectivity index (χ4n) is 3.49. The van der Waals surface area contributed by atoms with Crippen molar-refractivity contribution in [3.63, 3.8) is 0 Å². The summed E-state index contributed by atoms with van der Waals surface area (Å²) in [5, 5.41) is 9.73. The van der Waals surface area contributed by atoms with Crippen LogP contribution in [0.2, 0.25) is 0 Å². The summed E-state index contributed by atoms with van der Waals surface area (Å²) in [5.74, 6) is -0.944. The van der Waals surface area contributed by atoms with Crippen molar-refractivity contribution in [1.82, 2.24) is 4.98 Å². The van der Waals surface area contributed by atoms with Crippen LogP contribution in [0.5, 0.6) is 11.5 Å². The summed E-state index contributed by atoms with van der Waals surface area (Å²) in [6.07, 6.45) is -5.22. The number of rotatable bonds is 7. The van der Waals surface area contributed by atoms with Crippen molar-refractivity contribution < 1.29 is 32.5 Å². The second-order valence-corrected chi connectivity index (χ2v) is 7.11. The Hall–Kier alpha value is -3.94. The second kappa shape index (κ2) is 8.66. The molecule has 0 aliphatic carbocycles. The summed E-state index contributed by atoms with van der Waals surface area (Å²) < 4.78 is 47.7. The molecule has 5 nitrogen and oxygen atoms in total. The quantitative estimate of drug-likeness (QED) is 0.372. The minimum Gasteiger partial charge on any atom is -0.489 e. The Morgan fingerprint density at radius 2 is 1.72 bits per heavy atom. The van der Waals surface area contributed by atoms with Gasteiger partial charge in [0.25, 0.3) is 0 Å². The zero-order valence-electron chi connectivity index (χ0n) is 16.6. The third kappa shape index (κ3) is 5.03. The number of carboxylic acids is 1. The third-order valence-electron chi connectivity index (χ3n) is 4.81. The van der Waals surface area contributed by atoms with Gasteiger partial charge in [-0.3, -0.25) is 4.79 Å². The van der Waals surface area contributed by atoms with Crippen LogP contribution in [0, 0.1) is 0 Å². The predicted octanol–water partition coefficient (Wildman–Crippen LogP) is 5.94. The second-order valence-electron chi connectivity index (χ2n) is 7.11.